The van der Waals surface area contributed by atoms with Crippen LogP contribution in [0.3, 0.4) is 0 Å². The van der Waals surface area contributed by atoms with Gasteiger partial charge in [-0.3, -0.25) is 4.90 Å². The van der Waals surface area contributed by atoms with Crippen LogP contribution < -0.4 is 5.32 Å². The lowest BCUT2D eigenvalue weighted by molar-refractivity contribution is 0.144. The van der Waals surface area contributed by atoms with E-state index in [4.69, 9.17) is 6.42 Å². The van der Waals surface area contributed by atoms with Crippen LogP contribution in [0, 0.1) is 17.8 Å². The smallest absolute Gasteiger partial charge is 0.0599 e. The summed E-state index contributed by atoms with van der Waals surface area (Å²) in [6.45, 7) is 9.96. The fourth-order valence-corrected chi connectivity index (χ4v) is 2.45. The molecule has 1 heterocycles. The number of nitrogens with one attached hydrogen (secondary N) is 1. The van der Waals surface area contributed by atoms with Crippen molar-refractivity contribution in [3.05, 3.63) is 0 Å². The zero-order valence-electron chi connectivity index (χ0n) is 10.2. The summed E-state index contributed by atoms with van der Waals surface area (Å²) in [4.78, 5) is 2.41. The fourth-order valence-electron chi connectivity index (χ4n) is 2.45. The first-order valence-corrected chi connectivity index (χ1v) is 6.07. The van der Waals surface area contributed by atoms with E-state index < -0.39 is 0 Å². The van der Waals surface area contributed by atoms with Crippen LogP contribution in [0.25, 0.3) is 0 Å². The number of rotatable bonds is 5. The van der Waals surface area contributed by atoms with Crippen molar-refractivity contribution in [2.75, 3.05) is 32.7 Å². The van der Waals surface area contributed by atoms with Gasteiger partial charge in [0.1, 0.15) is 0 Å². The Labute approximate surface area is 94.4 Å². The highest BCUT2D eigenvalue weighted by Gasteiger charge is 2.28. The average molecular weight is 208 g/mol. The molecule has 86 valence electrons. The largest absolute Gasteiger partial charge is 0.316 e. The first kappa shape index (κ1) is 12.5. The molecule has 0 aromatic rings. The molecule has 2 nitrogen and oxygen atoms in total. The fraction of sp³-hybridized carbons (Fsp3) is 0.846. The SMILES string of the molecule is C#CCN(CCC)CC1(C)CCCNC1. The Kier molecular flexibility index (Phi) is 5.14. The molecule has 1 N–H and O–H groups in total. The molecule has 1 aliphatic rings. The van der Waals surface area contributed by atoms with Gasteiger partial charge in [-0.05, 0) is 37.8 Å². The molecular formula is C13H24N2. The second-order valence-corrected chi connectivity index (χ2v) is 5.01. The van der Waals surface area contributed by atoms with Crippen molar-refractivity contribution < 1.29 is 0 Å². The zero-order valence-corrected chi connectivity index (χ0v) is 10.2. The molecule has 1 unspecified atom stereocenters. The van der Waals surface area contributed by atoms with Gasteiger partial charge >= 0.3 is 0 Å². The lowest BCUT2D eigenvalue weighted by atomic mass is 9.82. The van der Waals surface area contributed by atoms with Crippen LogP contribution in [0.4, 0.5) is 0 Å². The minimum absolute atomic E-state index is 0.421. The predicted molar refractivity (Wildman–Crippen MR) is 65.8 cm³/mol. The Hall–Kier alpha value is -0.520. The summed E-state index contributed by atoms with van der Waals surface area (Å²) in [7, 11) is 0. The minimum Gasteiger partial charge on any atom is -0.316 e. The maximum atomic E-state index is 5.40. The van der Waals surface area contributed by atoms with E-state index in [9.17, 15) is 0 Å². The lowest BCUT2D eigenvalue weighted by Gasteiger charge is -2.38. The van der Waals surface area contributed by atoms with Gasteiger partial charge in [0.2, 0.25) is 0 Å². The van der Waals surface area contributed by atoms with E-state index >= 15 is 0 Å². The Morgan fingerprint density at radius 1 is 1.53 bits per heavy atom. The van der Waals surface area contributed by atoms with Crippen molar-refractivity contribution in [1.29, 1.82) is 0 Å². The minimum atomic E-state index is 0.421. The van der Waals surface area contributed by atoms with Crippen LogP contribution in [0.5, 0.6) is 0 Å². The number of hydrogen-bond donors (Lipinski definition) is 1. The molecule has 1 aliphatic heterocycles. The van der Waals surface area contributed by atoms with Crippen LogP contribution in [-0.4, -0.2) is 37.6 Å². The molecule has 0 radical (unpaired) electrons. The molecular weight excluding hydrogens is 184 g/mol. The first-order valence-electron chi connectivity index (χ1n) is 6.07. The van der Waals surface area contributed by atoms with E-state index in [1.807, 2.05) is 0 Å². The summed E-state index contributed by atoms with van der Waals surface area (Å²) in [5, 5.41) is 3.49. The third kappa shape index (κ3) is 4.24. The Morgan fingerprint density at radius 3 is 2.87 bits per heavy atom. The zero-order chi connectivity index (χ0) is 11.1. The number of nitrogens with zero attached hydrogens (tertiary/aromatic N) is 1. The van der Waals surface area contributed by atoms with Gasteiger partial charge in [-0.1, -0.05) is 19.8 Å². The predicted octanol–water partition coefficient (Wildman–Crippen LogP) is 1.72. The Bertz CT molecular complexity index is 211. The third-order valence-corrected chi connectivity index (χ3v) is 3.15. The highest BCUT2D eigenvalue weighted by Crippen LogP contribution is 2.26. The van der Waals surface area contributed by atoms with Crippen LogP contribution >= 0.6 is 0 Å². The van der Waals surface area contributed by atoms with Gasteiger partial charge in [0, 0.05) is 13.1 Å². The van der Waals surface area contributed by atoms with Gasteiger partial charge in [0.25, 0.3) is 0 Å². The maximum Gasteiger partial charge on any atom is 0.0599 e. The molecule has 1 saturated heterocycles. The van der Waals surface area contributed by atoms with Gasteiger partial charge in [0.05, 0.1) is 6.54 Å². The number of terminal acetylenes is 1. The summed E-state index contributed by atoms with van der Waals surface area (Å²) in [6, 6.07) is 0. The van der Waals surface area contributed by atoms with Gasteiger partial charge in [0.15, 0.2) is 0 Å². The van der Waals surface area contributed by atoms with Crippen molar-refractivity contribution in [2.45, 2.75) is 33.1 Å². The molecule has 0 amide bonds. The van der Waals surface area contributed by atoms with Crippen LogP contribution in [0.2, 0.25) is 0 Å². The summed E-state index contributed by atoms with van der Waals surface area (Å²) >= 11 is 0. The van der Waals surface area contributed by atoms with Crippen LogP contribution in [-0.2, 0) is 0 Å². The maximum absolute atomic E-state index is 5.40. The second kappa shape index (κ2) is 6.15. The third-order valence-electron chi connectivity index (χ3n) is 3.15. The van der Waals surface area contributed by atoms with E-state index in [-0.39, 0.29) is 0 Å². The molecule has 0 spiro atoms. The molecule has 1 atom stereocenters. The van der Waals surface area contributed by atoms with Crippen molar-refractivity contribution in [3.8, 4) is 12.3 Å². The molecule has 0 aromatic carbocycles. The lowest BCUT2D eigenvalue weighted by Crippen LogP contribution is -2.46. The highest BCUT2D eigenvalue weighted by molar-refractivity contribution is 4.91. The summed E-state index contributed by atoms with van der Waals surface area (Å²) in [5.41, 5.74) is 0.421. The quantitative estimate of drug-likeness (QED) is 0.692. The van der Waals surface area contributed by atoms with Gasteiger partial charge in [-0.2, -0.15) is 0 Å². The van der Waals surface area contributed by atoms with E-state index in [1.54, 1.807) is 0 Å². The monoisotopic (exact) mass is 208 g/mol. The molecule has 0 aromatic heterocycles. The van der Waals surface area contributed by atoms with Gasteiger partial charge < -0.3 is 5.32 Å². The van der Waals surface area contributed by atoms with Crippen molar-refractivity contribution >= 4 is 0 Å². The summed E-state index contributed by atoms with van der Waals surface area (Å²) in [5.74, 6) is 2.76. The van der Waals surface area contributed by atoms with Gasteiger partial charge in [-0.25, -0.2) is 0 Å². The van der Waals surface area contributed by atoms with Crippen LogP contribution in [0.15, 0.2) is 0 Å². The van der Waals surface area contributed by atoms with Crippen LogP contribution in [0.1, 0.15) is 33.1 Å². The molecule has 2 heteroatoms. The van der Waals surface area contributed by atoms with E-state index in [0.29, 0.717) is 5.41 Å². The number of hydrogen-bond acceptors (Lipinski definition) is 2. The summed E-state index contributed by atoms with van der Waals surface area (Å²) < 4.78 is 0. The molecule has 0 aliphatic carbocycles. The molecule has 1 fully saturated rings. The number of piperidine rings is 1. The molecule has 15 heavy (non-hydrogen) atoms. The standard InChI is InChI=1S/C13H24N2/c1-4-9-15(10-5-2)12-13(3)7-6-8-14-11-13/h1,14H,5-12H2,2-3H3. The van der Waals surface area contributed by atoms with E-state index in [0.717, 1.165) is 26.2 Å². The molecule has 1 rings (SSSR count). The summed E-state index contributed by atoms with van der Waals surface area (Å²) in [6.07, 6.45) is 9.21. The van der Waals surface area contributed by atoms with E-state index in [2.05, 4.69) is 30.0 Å². The van der Waals surface area contributed by atoms with Crippen molar-refractivity contribution in [2.24, 2.45) is 5.41 Å². The molecule has 0 saturated carbocycles. The normalized spacial score (nSPS) is 26.5. The Balaban J connectivity index is 2.44. The Morgan fingerprint density at radius 2 is 2.33 bits per heavy atom. The highest BCUT2D eigenvalue weighted by atomic mass is 15.1. The van der Waals surface area contributed by atoms with Crippen molar-refractivity contribution in [3.63, 3.8) is 0 Å². The van der Waals surface area contributed by atoms with Gasteiger partial charge in [-0.15, -0.1) is 6.42 Å². The van der Waals surface area contributed by atoms with Crippen molar-refractivity contribution in [1.82, 2.24) is 10.2 Å². The topological polar surface area (TPSA) is 15.3 Å². The van der Waals surface area contributed by atoms with E-state index in [1.165, 1.54) is 25.8 Å². The molecule has 0 bridgehead atoms. The second-order valence-electron chi connectivity index (χ2n) is 5.01. The average Bonchev–Trinajstić information content (AvgIpc) is 2.19. The first-order chi connectivity index (χ1) is 7.20.